The maximum Gasteiger partial charge on any atom is 0.410 e. The minimum Gasteiger partial charge on any atom is -0.454 e. The van der Waals surface area contributed by atoms with Crippen molar-refractivity contribution in [3.05, 3.63) is 39.9 Å². The minimum absolute atomic E-state index is 0.0252. The van der Waals surface area contributed by atoms with Gasteiger partial charge in [0.2, 0.25) is 0 Å². The number of nitro benzene ring substituents is 1. The molecule has 0 aliphatic carbocycles. The van der Waals surface area contributed by atoms with Gasteiger partial charge >= 0.3 is 12.1 Å². The van der Waals surface area contributed by atoms with Gasteiger partial charge in [0.15, 0.2) is 6.10 Å². The van der Waals surface area contributed by atoms with Gasteiger partial charge in [-0.15, -0.1) is 0 Å². The van der Waals surface area contributed by atoms with Gasteiger partial charge < -0.3 is 14.4 Å². The van der Waals surface area contributed by atoms with Crippen molar-refractivity contribution in [2.24, 2.45) is 0 Å². The molecule has 1 aliphatic heterocycles. The van der Waals surface area contributed by atoms with E-state index in [0.717, 1.165) is 12.1 Å². The number of amides is 1. The highest BCUT2D eigenvalue weighted by Gasteiger charge is 2.36. The fourth-order valence-corrected chi connectivity index (χ4v) is 2.42. The number of esters is 1. The van der Waals surface area contributed by atoms with E-state index in [2.05, 4.69) is 0 Å². The zero-order chi connectivity index (χ0) is 19.5. The number of carbonyl (C=O) groups is 2. The standard InChI is InChI=1S/C17H21FN2O6/c1-17(2,3)26-16(22)19-9-8-13(18)14(10-19)25-15(21)11-4-6-12(7-5-11)20(23)24/h4-7,13-14H,8-10H2,1-3H3. The third-order valence-corrected chi connectivity index (χ3v) is 3.70. The number of hydrogen-bond donors (Lipinski definition) is 0. The molecule has 8 nitrogen and oxygen atoms in total. The number of benzene rings is 1. The smallest absolute Gasteiger partial charge is 0.410 e. The van der Waals surface area contributed by atoms with Crippen molar-refractivity contribution in [2.45, 2.75) is 45.1 Å². The van der Waals surface area contributed by atoms with Gasteiger partial charge in [-0.2, -0.15) is 0 Å². The van der Waals surface area contributed by atoms with Gasteiger partial charge in [-0.25, -0.2) is 14.0 Å². The first-order valence-corrected chi connectivity index (χ1v) is 8.14. The normalized spacial score (nSPS) is 20.4. The predicted octanol–water partition coefficient (Wildman–Crippen LogP) is 3.10. The SMILES string of the molecule is CC(C)(C)OC(=O)N1CCC(F)C(OC(=O)c2ccc([N+](=O)[O-])cc2)C1. The van der Waals surface area contributed by atoms with E-state index in [-0.39, 0.29) is 30.8 Å². The first kappa shape index (κ1) is 19.6. The van der Waals surface area contributed by atoms with Crippen molar-refractivity contribution in [1.29, 1.82) is 0 Å². The fraction of sp³-hybridized carbons (Fsp3) is 0.529. The number of likely N-dealkylation sites (tertiary alicyclic amines) is 1. The van der Waals surface area contributed by atoms with Crippen LogP contribution in [0.1, 0.15) is 37.6 Å². The lowest BCUT2D eigenvalue weighted by Gasteiger charge is -2.35. The Morgan fingerprint density at radius 3 is 2.42 bits per heavy atom. The Balaban J connectivity index is 2.01. The average Bonchev–Trinajstić information content (AvgIpc) is 2.55. The zero-order valence-corrected chi connectivity index (χ0v) is 14.8. The zero-order valence-electron chi connectivity index (χ0n) is 14.8. The average molecular weight is 368 g/mol. The van der Waals surface area contributed by atoms with Crippen LogP contribution in [0.25, 0.3) is 0 Å². The van der Waals surface area contributed by atoms with Crippen LogP contribution in [0.4, 0.5) is 14.9 Å². The van der Waals surface area contributed by atoms with Gasteiger partial charge in [0.05, 0.1) is 17.0 Å². The molecule has 1 heterocycles. The topological polar surface area (TPSA) is 99.0 Å². The number of ether oxygens (including phenoxy) is 2. The van der Waals surface area contributed by atoms with Gasteiger partial charge in [-0.05, 0) is 32.9 Å². The molecule has 1 amide bonds. The van der Waals surface area contributed by atoms with Crippen LogP contribution in [0.5, 0.6) is 0 Å². The van der Waals surface area contributed by atoms with E-state index in [1.54, 1.807) is 20.8 Å². The molecule has 26 heavy (non-hydrogen) atoms. The second-order valence-corrected chi connectivity index (χ2v) is 6.98. The maximum absolute atomic E-state index is 14.1. The summed E-state index contributed by atoms with van der Waals surface area (Å²) in [6.45, 7) is 5.22. The molecular weight excluding hydrogens is 347 g/mol. The summed E-state index contributed by atoms with van der Waals surface area (Å²) >= 11 is 0. The van der Waals surface area contributed by atoms with Gasteiger partial charge in [0.25, 0.3) is 5.69 Å². The van der Waals surface area contributed by atoms with Crippen molar-refractivity contribution in [2.75, 3.05) is 13.1 Å². The Hall–Kier alpha value is -2.71. The molecule has 0 N–H and O–H groups in total. The maximum atomic E-state index is 14.1. The minimum atomic E-state index is -1.41. The van der Waals surface area contributed by atoms with Crippen LogP contribution in [-0.2, 0) is 9.47 Å². The van der Waals surface area contributed by atoms with Crippen molar-refractivity contribution in [1.82, 2.24) is 4.90 Å². The number of non-ortho nitro benzene ring substituents is 1. The highest BCUT2D eigenvalue weighted by Crippen LogP contribution is 2.21. The third-order valence-electron chi connectivity index (χ3n) is 3.70. The highest BCUT2D eigenvalue weighted by molar-refractivity contribution is 5.89. The van der Waals surface area contributed by atoms with Crippen LogP contribution in [0.2, 0.25) is 0 Å². The summed E-state index contributed by atoms with van der Waals surface area (Å²) in [5, 5.41) is 10.6. The number of piperidine rings is 1. The number of alkyl halides is 1. The van der Waals surface area contributed by atoms with E-state index in [4.69, 9.17) is 9.47 Å². The molecule has 1 aromatic rings. The summed E-state index contributed by atoms with van der Waals surface area (Å²) < 4.78 is 24.5. The van der Waals surface area contributed by atoms with Crippen molar-refractivity contribution < 1.29 is 28.4 Å². The summed E-state index contributed by atoms with van der Waals surface area (Å²) in [5.74, 6) is -0.807. The quantitative estimate of drug-likeness (QED) is 0.462. The number of hydrogen-bond acceptors (Lipinski definition) is 6. The third kappa shape index (κ3) is 5.14. The molecular formula is C17H21FN2O6. The van der Waals surface area contributed by atoms with E-state index in [0.29, 0.717) is 0 Å². The van der Waals surface area contributed by atoms with E-state index >= 15 is 0 Å². The van der Waals surface area contributed by atoms with E-state index in [1.807, 2.05) is 0 Å². The largest absolute Gasteiger partial charge is 0.454 e. The number of rotatable bonds is 3. The Bertz CT molecular complexity index is 685. The molecule has 0 spiro atoms. The molecule has 9 heteroatoms. The lowest BCUT2D eigenvalue weighted by atomic mass is 10.1. The van der Waals surface area contributed by atoms with E-state index in [1.165, 1.54) is 17.0 Å². The van der Waals surface area contributed by atoms with Crippen LogP contribution < -0.4 is 0 Å². The molecule has 2 rings (SSSR count). The second-order valence-electron chi connectivity index (χ2n) is 6.98. The number of nitro groups is 1. The highest BCUT2D eigenvalue weighted by atomic mass is 19.1. The lowest BCUT2D eigenvalue weighted by Crippen LogP contribution is -2.50. The van der Waals surface area contributed by atoms with Crippen molar-refractivity contribution >= 4 is 17.7 Å². The molecule has 1 fully saturated rings. The van der Waals surface area contributed by atoms with E-state index < -0.39 is 34.9 Å². The second kappa shape index (κ2) is 7.67. The molecule has 0 radical (unpaired) electrons. The first-order chi connectivity index (χ1) is 12.1. The van der Waals surface area contributed by atoms with Crippen LogP contribution in [0.15, 0.2) is 24.3 Å². The van der Waals surface area contributed by atoms with Gasteiger partial charge in [-0.3, -0.25) is 10.1 Å². The van der Waals surface area contributed by atoms with Gasteiger partial charge in [0, 0.05) is 25.1 Å². The molecule has 0 aromatic heterocycles. The molecule has 142 valence electrons. The summed E-state index contributed by atoms with van der Waals surface area (Å²) in [4.78, 5) is 35.6. The summed E-state index contributed by atoms with van der Waals surface area (Å²) in [5.41, 5.74) is -0.787. The monoisotopic (exact) mass is 368 g/mol. The summed E-state index contributed by atoms with van der Waals surface area (Å²) in [6, 6.07) is 4.80. The Kier molecular flexibility index (Phi) is 5.79. The van der Waals surface area contributed by atoms with E-state index in [9.17, 15) is 24.1 Å². The Morgan fingerprint density at radius 2 is 1.88 bits per heavy atom. The molecule has 0 saturated carbocycles. The fourth-order valence-electron chi connectivity index (χ4n) is 2.42. The number of halogens is 1. The van der Waals surface area contributed by atoms with Crippen LogP contribution in [-0.4, -0.2) is 52.9 Å². The van der Waals surface area contributed by atoms with Crippen molar-refractivity contribution in [3.8, 4) is 0 Å². The molecule has 1 aromatic carbocycles. The molecule has 1 aliphatic rings. The molecule has 2 atom stereocenters. The van der Waals surface area contributed by atoms with Crippen LogP contribution >= 0.6 is 0 Å². The first-order valence-electron chi connectivity index (χ1n) is 8.14. The van der Waals surface area contributed by atoms with Crippen LogP contribution in [0.3, 0.4) is 0 Å². The summed E-state index contributed by atoms with van der Waals surface area (Å²) in [6.07, 6.45) is -3.10. The Morgan fingerprint density at radius 1 is 1.27 bits per heavy atom. The Labute approximate surface area is 150 Å². The van der Waals surface area contributed by atoms with Crippen molar-refractivity contribution in [3.63, 3.8) is 0 Å². The summed E-state index contributed by atoms with van der Waals surface area (Å²) in [7, 11) is 0. The number of carbonyl (C=O) groups excluding carboxylic acids is 2. The predicted molar refractivity (Wildman–Crippen MR) is 89.6 cm³/mol. The molecule has 1 saturated heterocycles. The molecule has 2 unspecified atom stereocenters. The molecule has 0 bridgehead atoms. The van der Waals surface area contributed by atoms with Gasteiger partial charge in [-0.1, -0.05) is 0 Å². The van der Waals surface area contributed by atoms with Crippen LogP contribution in [0, 0.1) is 10.1 Å². The van der Waals surface area contributed by atoms with Gasteiger partial charge in [0.1, 0.15) is 11.8 Å². The lowest BCUT2D eigenvalue weighted by molar-refractivity contribution is -0.384. The number of nitrogens with zero attached hydrogens (tertiary/aromatic N) is 2.